The zero-order valence-corrected chi connectivity index (χ0v) is 15.6. The molecule has 9 heteroatoms. The lowest BCUT2D eigenvalue weighted by molar-refractivity contribution is -0.141. The van der Waals surface area contributed by atoms with E-state index in [1.165, 1.54) is 12.3 Å². The van der Waals surface area contributed by atoms with Crippen molar-refractivity contribution in [1.82, 2.24) is 14.9 Å². The van der Waals surface area contributed by atoms with Gasteiger partial charge in [-0.25, -0.2) is 9.97 Å². The summed E-state index contributed by atoms with van der Waals surface area (Å²) in [7, 11) is 0. The lowest BCUT2D eigenvalue weighted by atomic mass is 10.0. The number of carbonyl (C=O) groups is 1. The normalized spacial score (nSPS) is 17.9. The first kappa shape index (κ1) is 19.7. The third-order valence-corrected chi connectivity index (χ3v) is 5.29. The average Bonchev–Trinajstić information content (AvgIpc) is 3.16. The number of hydrogen-bond acceptors (Lipinski definition) is 5. The molecule has 3 rings (SSSR count). The van der Waals surface area contributed by atoms with Crippen molar-refractivity contribution in [2.75, 3.05) is 12.3 Å². The number of thioether (sulfide) groups is 1. The quantitative estimate of drug-likeness (QED) is 0.542. The van der Waals surface area contributed by atoms with Crippen LogP contribution in [-0.4, -0.2) is 39.1 Å². The fourth-order valence-corrected chi connectivity index (χ4v) is 3.81. The highest BCUT2D eigenvalue weighted by atomic mass is 32.2. The second kappa shape index (κ2) is 8.33. The number of rotatable bonds is 5. The lowest BCUT2D eigenvalue weighted by Gasteiger charge is -2.33. The molecule has 0 unspecified atom stereocenters. The number of likely N-dealkylation sites (tertiary alicyclic amines) is 1. The van der Waals surface area contributed by atoms with Crippen LogP contribution in [0.25, 0.3) is 11.5 Å². The molecule has 3 heterocycles. The summed E-state index contributed by atoms with van der Waals surface area (Å²) in [4.78, 5) is 22.0. The minimum atomic E-state index is -4.58. The molecule has 0 aromatic carbocycles. The SMILES string of the molecule is C[C@H]1CCCCN1C(=O)CCSc1nc(-c2ccco2)cc(C(F)(F)F)n1. The molecule has 146 valence electrons. The number of amides is 1. The van der Waals surface area contributed by atoms with Gasteiger partial charge in [0.25, 0.3) is 0 Å². The predicted molar refractivity (Wildman–Crippen MR) is 95.1 cm³/mol. The Morgan fingerprint density at radius 3 is 2.85 bits per heavy atom. The summed E-state index contributed by atoms with van der Waals surface area (Å²) >= 11 is 1.04. The average molecular weight is 399 g/mol. The smallest absolute Gasteiger partial charge is 0.433 e. The van der Waals surface area contributed by atoms with E-state index in [-0.39, 0.29) is 35.0 Å². The maximum atomic E-state index is 13.1. The number of nitrogens with zero attached hydrogens (tertiary/aromatic N) is 3. The first-order valence-electron chi connectivity index (χ1n) is 8.77. The third-order valence-electron chi connectivity index (χ3n) is 4.44. The van der Waals surface area contributed by atoms with Gasteiger partial charge in [0.15, 0.2) is 10.9 Å². The van der Waals surface area contributed by atoms with E-state index in [0.717, 1.165) is 43.6 Å². The summed E-state index contributed by atoms with van der Waals surface area (Å²) in [6.07, 6.45) is 0.126. The van der Waals surface area contributed by atoms with E-state index in [4.69, 9.17) is 4.42 Å². The molecule has 1 amide bonds. The molecule has 0 bridgehead atoms. The summed E-state index contributed by atoms with van der Waals surface area (Å²) in [5.41, 5.74) is -0.955. The van der Waals surface area contributed by atoms with Gasteiger partial charge in [-0.1, -0.05) is 11.8 Å². The summed E-state index contributed by atoms with van der Waals surface area (Å²) in [6, 6.07) is 4.20. The van der Waals surface area contributed by atoms with Gasteiger partial charge >= 0.3 is 6.18 Å². The van der Waals surface area contributed by atoms with Crippen LogP contribution in [0.3, 0.4) is 0 Å². The minimum absolute atomic E-state index is 0.0179. The largest absolute Gasteiger partial charge is 0.463 e. The van der Waals surface area contributed by atoms with E-state index in [2.05, 4.69) is 9.97 Å². The number of hydrogen-bond donors (Lipinski definition) is 0. The molecule has 2 aromatic rings. The van der Waals surface area contributed by atoms with E-state index in [1.54, 1.807) is 6.07 Å². The van der Waals surface area contributed by atoms with Gasteiger partial charge in [0.1, 0.15) is 11.4 Å². The zero-order valence-electron chi connectivity index (χ0n) is 14.8. The van der Waals surface area contributed by atoms with E-state index < -0.39 is 11.9 Å². The molecule has 0 spiro atoms. The maximum Gasteiger partial charge on any atom is 0.433 e. The van der Waals surface area contributed by atoms with Gasteiger partial charge in [0.2, 0.25) is 5.91 Å². The molecule has 0 aliphatic carbocycles. The Balaban J connectivity index is 1.69. The number of aromatic nitrogens is 2. The molecule has 0 radical (unpaired) electrons. The number of carbonyl (C=O) groups excluding carboxylic acids is 1. The van der Waals surface area contributed by atoms with Gasteiger partial charge in [0.05, 0.1) is 6.26 Å². The molecule has 1 saturated heterocycles. The number of furan rings is 1. The summed E-state index contributed by atoms with van der Waals surface area (Å²) < 4.78 is 44.6. The van der Waals surface area contributed by atoms with Crippen LogP contribution >= 0.6 is 11.8 Å². The molecule has 27 heavy (non-hydrogen) atoms. The van der Waals surface area contributed by atoms with Gasteiger partial charge < -0.3 is 9.32 Å². The van der Waals surface area contributed by atoms with E-state index in [9.17, 15) is 18.0 Å². The molecule has 2 aromatic heterocycles. The van der Waals surface area contributed by atoms with Gasteiger partial charge in [-0.15, -0.1) is 0 Å². The highest BCUT2D eigenvalue weighted by Crippen LogP contribution is 2.32. The first-order valence-corrected chi connectivity index (χ1v) is 9.75. The fraction of sp³-hybridized carbons (Fsp3) is 0.500. The molecule has 1 aliphatic heterocycles. The maximum absolute atomic E-state index is 13.1. The van der Waals surface area contributed by atoms with Crippen molar-refractivity contribution < 1.29 is 22.4 Å². The highest BCUT2D eigenvalue weighted by molar-refractivity contribution is 7.99. The molecular formula is C18H20F3N3O2S. The Hall–Kier alpha value is -2.03. The second-order valence-corrected chi connectivity index (χ2v) is 7.49. The Labute approximate surface area is 159 Å². The third kappa shape index (κ3) is 5.03. The van der Waals surface area contributed by atoms with Crippen molar-refractivity contribution in [3.63, 3.8) is 0 Å². The van der Waals surface area contributed by atoms with Crippen LogP contribution in [0.2, 0.25) is 0 Å². The van der Waals surface area contributed by atoms with Crippen LogP contribution in [0.1, 0.15) is 38.3 Å². The molecular weight excluding hydrogens is 379 g/mol. The molecule has 0 N–H and O–H groups in total. The van der Waals surface area contributed by atoms with Gasteiger partial charge in [-0.2, -0.15) is 13.2 Å². The Morgan fingerprint density at radius 2 is 2.19 bits per heavy atom. The van der Waals surface area contributed by atoms with Crippen molar-refractivity contribution in [2.45, 2.75) is 50.0 Å². The van der Waals surface area contributed by atoms with Crippen molar-refractivity contribution >= 4 is 17.7 Å². The topological polar surface area (TPSA) is 59.2 Å². The highest BCUT2D eigenvalue weighted by Gasteiger charge is 2.34. The first-order chi connectivity index (χ1) is 12.8. The fourth-order valence-electron chi connectivity index (χ4n) is 3.03. The van der Waals surface area contributed by atoms with Crippen molar-refractivity contribution in [3.05, 3.63) is 30.2 Å². The second-order valence-electron chi connectivity index (χ2n) is 6.43. The minimum Gasteiger partial charge on any atom is -0.463 e. The molecule has 0 saturated carbocycles. The Bertz CT molecular complexity index is 781. The van der Waals surface area contributed by atoms with Crippen LogP contribution in [0.15, 0.2) is 34.0 Å². The standard InChI is InChI=1S/C18H20F3N3O2S/c1-12-5-2-3-8-24(12)16(25)7-10-27-17-22-13(14-6-4-9-26-14)11-15(23-17)18(19,20)21/h4,6,9,11-12H,2-3,5,7-8,10H2,1H3/t12-/m0/s1. The van der Waals surface area contributed by atoms with Crippen molar-refractivity contribution in [2.24, 2.45) is 0 Å². The van der Waals surface area contributed by atoms with E-state index >= 15 is 0 Å². The molecule has 1 aliphatic rings. The Morgan fingerprint density at radius 1 is 1.37 bits per heavy atom. The summed E-state index contributed by atoms with van der Waals surface area (Å²) in [6.45, 7) is 2.77. The van der Waals surface area contributed by atoms with Gasteiger partial charge in [-0.3, -0.25) is 4.79 Å². The number of alkyl halides is 3. The zero-order chi connectivity index (χ0) is 19.4. The summed E-state index contributed by atoms with van der Waals surface area (Å²) in [5.74, 6) is 0.580. The molecule has 5 nitrogen and oxygen atoms in total. The van der Waals surface area contributed by atoms with Gasteiger partial charge in [-0.05, 0) is 44.4 Å². The molecule has 1 atom stereocenters. The van der Waals surface area contributed by atoms with Crippen LogP contribution in [0.5, 0.6) is 0 Å². The van der Waals surface area contributed by atoms with Crippen LogP contribution in [-0.2, 0) is 11.0 Å². The van der Waals surface area contributed by atoms with Crippen molar-refractivity contribution in [1.29, 1.82) is 0 Å². The Kier molecular flexibility index (Phi) is 6.08. The van der Waals surface area contributed by atoms with Crippen LogP contribution in [0, 0.1) is 0 Å². The van der Waals surface area contributed by atoms with Crippen LogP contribution < -0.4 is 0 Å². The number of halogens is 3. The van der Waals surface area contributed by atoms with Crippen molar-refractivity contribution in [3.8, 4) is 11.5 Å². The lowest BCUT2D eigenvalue weighted by Crippen LogP contribution is -2.42. The van der Waals surface area contributed by atoms with E-state index in [0.29, 0.717) is 5.75 Å². The van der Waals surface area contributed by atoms with E-state index in [1.807, 2.05) is 11.8 Å². The number of piperidine rings is 1. The van der Waals surface area contributed by atoms with Crippen LogP contribution in [0.4, 0.5) is 13.2 Å². The van der Waals surface area contributed by atoms with Gasteiger partial charge in [0, 0.05) is 24.8 Å². The molecule has 1 fully saturated rings. The predicted octanol–water partition coefficient (Wildman–Crippen LogP) is 4.64. The monoisotopic (exact) mass is 399 g/mol. The summed E-state index contributed by atoms with van der Waals surface area (Å²) in [5, 5.41) is -0.0179.